The van der Waals surface area contributed by atoms with Crippen LogP contribution in [-0.4, -0.2) is 23.5 Å². The summed E-state index contributed by atoms with van der Waals surface area (Å²) in [5.74, 6) is -0.367. The van der Waals surface area contributed by atoms with Crippen LogP contribution in [0.15, 0.2) is 41.8 Å². The molecule has 0 unspecified atom stereocenters. The molecule has 2 amide bonds. The molecule has 22 heavy (non-hydrogen) atoms. The number of nitrogens with one attached hydrogen (secondary N) is 3. The summed E-state index contributed by atoms with van der Waals surface area (Å²) in [6, 6.07) is 10.4. The highest BCUT2D eigenvalue weighted by atomic mass is 32.1. The highest BCUT2D eigenvalue weighted by Crippen LogP contribution is 2.10. The molecule has 1 aromatic heterocycles. The van der Waals surface area contributed by atoms with Crippen LogP contribution in [0.1, 0.15) is 27.0 Å². The van der Waals surface area contributed by atoms with Crippen LogP contribution in [-0.2, 0) is 0 Å². The Balaban J connectivity index is 1.91. The van der Waals surface area contributed by atoms with Gasteiger partial charge in [0.1, 0.15) is 0 Å². The van der Waals surface area contributed by atoms with Gasteiger partial charge in [0.15, 0.2) is 5.11 Å². The van der Waals surface area contributed by atoms with Crippen molar-refractivity contribution in [2.45, 2.75) is 6.92 Å². The van der Waals surface area contributed by atoms with Crippen LogP contribution in [0.4, 0.5) is 5.69 Å². The van der Waals surface area contributed by atoms with Gasteiger partial charge in [-0.25, -0.2) is 0 Å². The van der Waals surface area contributed by atoms with E-state index in [4.69, 9.17) is 12.2 Å². The largest absolute Gasteiger partial charge is 0.352 e. The third-order valence-corrected chi connectivity index (χ3v) is 3.79. The van der Waals surface area contributed by atoms with E-state index in [0.29, 0.717) is 22.7 Å². The summed E-state index contributed by atoms with van der Waals surface area (Å²) in [5, 5.41) is 10.3. The Morgan fingerprint density at radius 1 is 1.14 bits per heavy atom. The Labute approximate surface area is 137 Å². The predicted molar refractivity (Wildman–Crippen MR) is 92.5 cm³/mol. The number of carbonyl (C=O) groups excluding carboxylic acids is 2. The summed E-state index contributed by atoms with van der Waals surface area (Å²) in [4.78, 5) is 24.1. The standard InChI is InChI=1S/C15H15N3O2S2/c1-2-16-13(19)10-5-7-11(8-6-10)17-15(21)18-14(20)12-4-3-9-22-12/h3-9H,2H2,1H3,(H,16,19)(H2,17,18,20,21). The maximum Gasteiger partial charge on any atom is 0.267 e. The zero-order valence-electron chi connectivity index (χ0n) is 11.9. The second kappa shape index (κ2) is 7.67. The van der Waals surface area contributed by atoms with E-state index >= 15 is 0 Å². The minimum atomic E-state index is -0.244. The summed E-state index contributed by atoms with van der Waals surface area (Å²) in [7, 11) is 0. The van der Waals surface area contributed by atoms with Gasteiger partial charge < -0.3 is 10.6 Å². The first-order chi connectivity index (χ1) is 10.6. The van der Waals surface area contributed by atoms with E-state index in [1.165, 1.54) is 11.3 Å². The Bertz CT molecular complexity index is 667. The predicted octanol–water partition coefficient (Wildman–Crippen LogP) is 2.62. The lowest BCUT2D eigenvalue weighted by atomic mass is 10.2. The van der Waals surface area contributed by atoms with E-state index in [0.717, 1.165) is 0 Å². The molecule has 0 fully saturated rings. The van der Waals surface area contributed by atoms with Gasteiger partial charge in [0, 0.05) is 17.8 Å². The van der Waals surface area contributed by atoms with Crippen molar-refractivity contribution in [2.75, 3.05) is 11.9 Å². The van der Waals surface area contributed by atoms with Crippen molar-refractivity contribution in [1.29, 1.82) is 0 Å². The van der Waals surface area contributed by atoms with Crippen LogP contribution in [0, 0.1) is 0 Å². The van der Waals surface area contributed by atoms with Crippen LogP contribution < -0.4 is 16.0 Å². The molecule has 2 rings (SSSR count). The maximum absolute atomic E-state index is 11.8. The van der Waals surface area contributed by atoms with E-state index in [1.807, 2.05) is 12.3 Å². The average molecular weight is 333 g/mol. The van der Waals surface area contributed by atoms with Gasteiger partial charge >= 0.3 is 0 Å². The molecular weight excluding hydrogens is 318 g/mol. The molecule has 0 aliphatic heterocycles. The van der Waals surface area contributed by atoms with Crippen LogP contribution in [0.2, 0.25) is 0 Å². The van der Waals surface area contributed by atoms with Gasteiger partial charge in [-0.3, -0.25) is 14.9 Å². The molecule has 114 valence electrons. The second-order valence-corrected chi connectivity index (χ2v) is 5.68. The molecule has 0 saturated heterocycles. The van der Waals surface area contributed by atoms with Crippen LogP contribution in [0.3, 0.4) is 0 Å². The molecule has 0 aliphatic carbocycles. The zero-order chi connectivity index (χ0) is 15.9. The van der Waals surface area contributed by atoms with Crippen molar-refractivity contribution in [3.8, 4) is 0 Å². The van der Waals surface area contributed by atoms with Crippen LogP contribution >= 0.6 is 23.6 Å². The quantitative estimate of drug-likeness (QED) is 0.752. The number of amides is 2. The van der Waals surface area contributed by atoms with E-state index in [9.17, 15) is 9.59 Å². The highest BCUT2D eigenvalue weighted by molar-refractivity contribution is 7.80. The number of thiocarbonyl (C=S) groups is 1. The van der Waals surface area contributed by atoms with Gasteiger partial charge in [-0.15, -0.1) is 11.3 Å². The molecule has 3 N–H and O–H groups in total. The summed E-state index contributed by atoms with van der Waals surface area (Å²) in [6.45, 7) is 2.44. The van der Waals surface area contributed by atoms with E-state index in [2.05, 4.69) is 16.0 Å². The molecule has 1 aromatic carbocycles. The first-order valence-electron chi connectivity index (χ1n) is 6.64. The SMILES string of the molecule is CCNC(=O)c1ccc(NC(=S)NC(=O)c2cccs2)cc1. The fourth-order valence-corrected chi connectivity index (χ4v) is 2.53. The fourth-order valence-electron chi connectivity index (χ4n) is 1.70. The number of hydrogen-bond acceptors (Lipinski definition) is 4. The van der Waals surface area contributed by atoms with E-state index in [-0.39, 0.29) is 16.9 Å². The summed E-state index contributed by atoms with van der Waals surface area (Å²) in [6.07, 6.45) is 0. The van der Waals surface area contributed by atoms with E-state index < -0.39 is 0 Å². The second-order valence-electron chi connectivity index (χ2n) is 4.32. The van der Waals surface area contributed by atoms with Gasteiger partial charge in [0.05, 0.1) is 4.88 Å². The lowest BCUT2D eigenvalue weighted by molar-refractivity contribution is 0.0953. The third kappa shape index (κ3) is 4.37. The molecule has 0 spiro atoms. The third-order valence-electron chi connectivity index (χ3n) is 2.71. The van der Waals surface area contributed by atoms with Crippen molar-refractivity contribution in [3.63, 3.8) is 0 Å². The molecule has 0 saturated carbocycles. The molecule has 0 bridgehead atoms. The number of thiophene rings is 1. The van der Waals surface area contributed by atoms with E-state index in [1.54, 1.807) is 36.4 Å². The Kier molecular flexibility index (Phi) is 5.62. The monoisotopic (exact) mass is 333 g/mol. The van der Waals surface area contributed by atoms with Crippen molar-refractivity contribution < 1.29 is 9.59 Å². The smallest absolute Gasteiger partial charge is 0.267 e. The van der Waals surface area contributed by atoms with Gasteiger partial charge in [-0.1, -0.05) is 6.07 Å². The van der Waals surface area contributed by atoms with Gasteiger partial charge in [-0.05, 0) is 54.9 Å². The summed E-state index contributed by atoms with van der Waals surface area (Å²) >= 11 is 6.44. The first kappa shape index (κ1) is 16.1. The van der Waals surface area contributed by atoms with Crippen LogP contribution in [0.25, 0.3) is 0 Å². The van der Waals surface area contributed by atoms with Crippen LogP contribution in [0.5, 0.6) is 0 Å². The Morgan fingerprint density at radius 2 is 1.86 bits per heavy atom. The summed E-state index contributed by atoms with van der Waals surface area (Å²) < 4.78 is 0. The zero-order valence-corrected chi connectivity index (χ0v) is 13.5. The lowest BCUT2D eigenvalue weighted by Crippen LogP contribution is -2.33. The lowest BCUT2D eigenvalue weighted by Gasteiger charge is -2.09. The number of carbonyl (C=O) groups is 2. The molecular formula is C15H15N3O2S2. The average Bonchev–Trinajstić information content (AvgIpc) is 3.02. The topological polar surface area (TPSA) is 70.2 Å². The number of anilines is 1. The normalized spacial score (nSPS) is 9.86. The molecule has 7 heteroatoms. The van der Waals surface area contributed by atoms with Gasteiger partial charge in [0.2, 0.25) is 0 Å². The van der Waals surface area contributed by atoms with Crippen molar-refractivity contribution in [2.24, 2.45) is 0 Å². The summed E-state index contributed by atoms with van der Waals surface area (Å²) in [5.41, 5.74) is 1.27. The van der Waals surface area contributed by atoms with Crippen molar-refractivity contribution in [1.82, 2.24) is 10.6 Å². The minimum absolute atomic E-state index is 0.123. The number of hydrogen-bond donors (Lipinski definition) is 3. The highest BCUT2D eigenvalue weighted by Gasteiger charge is 2.09. The Morgan fingerprint density at radius 3 is 2.45 bits per heavy atom. The number of benzene rings is 1. The molecule has 2 aromatic rings. The molecule has 0 atom stereocenters. The minimum Gasteiger partial charge on any atom is -0.352 e. The van der Waals surface area contributed by atoms with Crippen molar-refractivity contribution in [3.05, 3.63) is 52.2 Å². The Hall–Kier alpha value is -2.25. The molecule has 0 radical (unpaired) electrons. The fraction of sp³-hybridized carbons (Fsp3) is 0.133. The maximum atomic E-state index is 11.8. The molecule has 5 nitrogen and oxygen atoms in total. The van der Waals surface area contributed by atoms with Gasteiger partial charge in [-0.2, -0.15) is 0 Å². The molecule has 1 heterocycles. The number of rotatable bonds is 4. The molecule has 0 aliphatic rings. The van der Waals surface area contributed by atoms with Crippen molar-refractivity contribution >= 4 is 46.2 Å². The first-order valence-corrected chi connectivity index (χ1v) is 7.93. The van der Waals surface area contributed by atoms with Gasteiger partial charge in [0.25, 0.3) is 11.8 Å².